The lowest BCUT2D eigenvalue weighted by molar-refractivity contribution is -0.196. The number of nitrogens with two attached hydrogens (primary N) is 1. The van der Waals surface area contributed by atoms with E-state index in [1.54, 1.807) is 42.6 Å². The van der Waals surface area contributed by atoms with Gasteiger partial charge in [0.15, 0.2) is 36.7 Å². The van der Waals surface area contributed by atoms with Gasteiger partial charge in [0.1, 0.15) is 28.4 Å². The van der Waals surface area contributed by atoms with Crippen LogP contribution in [-0.2, 0) is 126 Å². The van der Waals surface area contributed by atoms with Crippen molar-refractivity contribution in [2.75, 3.05) is 143 Å². The predicted octanol–water partition coefficient (Wildman–Crippen LogP) is 15.0. The summed E-state index contributed by atoms with van der Waals surface area (Å²) in [6.07, 6.45) is 31.5. The summed E-state index contributed by atoms with van der Waals surface area (Å²) in [6, 6.07) is 3.75. The Labute approximate surface area is 896 Å². The van der Waals surface area contributed by atoms with E-state index in [2.05, 4.69) is 204 Å². The lowest BCUT2D eigenvalue weighted by Crippen LogP contribution is -2.41. The third-order valence-electron chi connectivity index (χ3n) is 24.0. The second-order valence-corrected chi connectivity index (χ2v) is 60.3. The molecule has 3 amide bonds. The third-order valence-corrected chi connectivity index (χ3v) is 39.7. The maximum atomic E-state index is 12.5. The van der Waals surface area contributed by atoms with E-state index in [9.17, 15) is 32.4 Å². The fourth-order valence-electron chi connectivity index (χ4n) is 13.0. The number of aromatic nitrogens is 14. The van der Waals surface area contributed by atoms with Crippen molar-refractivity contribution in [1.29, 1.82) is 0 Å². The molecule has 0 aliphatic carbocycles. The summed E-state index contributed by atoms with van der Waals surface area (Å²) in [5.41, 5.74) is 9.13. The molecule has 5 aliphatic heterocycles. The molecule has 9 N–H and O–H groups in total. The lowest BCUT2D eigenvalue weighted by Gasteiger charge is -2.36. The second-order valence-electron chi connectivity index (χ2n) is 43.1. The van der Waals surface area contributed by atoms with Crippen molar-refractivity contribution >= 4 is 138 Å². The molecule has 0 aromatic carbocycles. The molecule has 8 aromatic heterocycles. The minimum absolute atomic E-state index is 0.0185. The van der Waals surface area contributed by atoms with E-state index in [1.165, 1.54) is 18.2 Å². The van der Waals surface area contributed by atoms with Gasteiger partial charge in [-0.2, -0.15) is 8.42 Å². The van der Waals surface area contributed by atoms with Gasteiger partial charge in [0.25, 0.3) is 10.1 Å². The van der Waals surface area contributed by atoms with Crippen LogP contribution in [0.15, 0.2) is 91.4 Å². The molecule has 0 fully saturated rings. The van der Waals surface area contributed by atoms with E-state index >= 15 is 0 Å². The van der Waals surface area contributed by atoms with Crippen LogP contribution >= 0.6 is 31.9 Å². The number of aryl methyl sites for hydroxylation is 4. The number of aliphatic hydroxyl groups is 5. The molecule has 0 bridgehead atoms. The van der Waals surface area contributed by atoms with Gasteiger partial charge in [-0.05, 0) is 168 Å². The van der Waals surface area contributed by atoms with Crippen LogP contribution in [0, 0.1) is 0 Å². The van der Waals surface area contributed by atoms with Gasteiger partial charge in [-0.25, -0.2) is 73.9 Å². The number of fused-ring (bicyclic) bond motifs is 6. The summed E-state index contributed by atoms with van der Waals surface area (Å²) < 4.78 is 83.6. The molecule has 836 valence electrons. The molecule has 48 heteroatoms. The number of Topliss-reactive ketones (excluding diaryl/α,β-unsaturated/α-hetero) is 2. The molecule has 0 saturated carbocycles. The van der Waals surface area contributed by atoms with E-state index in [-0.39, 0.29) is 84.9 Å². The van der Waals surface area contributed by atoms with Gasteiger partial charge in [0, 0.05) is 245 Å². The van der Waals surface area contributed by atoms with Gasteiger partial charge in [-0.15, -0.1) is 0 Å². The number of imidazole rings is 6. The number of anilines is 4. The molecule has 5 aliphatic rings. The van der Waals surface area contributed by atoms with Crippen molar-refractivity contribution in [2.24, 2.45) is 10.7 Å². The second kappa shape index (κ2) is 61.8. The molecular formula is C100H173Br2N21O21SSi3. The molecule has 0 atom stereocenters. The first-order valence-corrected chi connectivity index (χ1v) is 63.1. The molecule has 0 unspecified atom stereocenters. The molecule has 0 spiro atoms. The topological polar surface area (TPSA) is 508 Å². The van der Waals surface area contributed by atoms with Crippen LogP contribution in [0.5, 0.6) is 0 Å². The SMILES string of the molecule is CC(=O)CCO.CC(C)(C)OC(=O)N1CCCn2cc(CCO)nc21.CC(C)(C)OC(=O)N1CCCn2cc(CCOS(C)(=O)=O)nc21.CC(C)(C)OC(=O)N1CCCn2cc(CCO[Si](C)(C)C(C)(C)C)nc21.CC(C)(C)[Si](C)(C)OCCc1cn2c(n1)NCCC2.CC(C)(C)[Si](C)(C)OCCc1cn2cccnc2n1.COC(CBr)(CCO)OC.NC1=NCC=CN1.O=C(CBr)CCO.OCCc1cn2cccnc2n1. The zero-order valence-corrected chi connectivity index (χ0v) is 100.0. The van der Waals surface area contributed by atoms with E-state index < -0.39 is 63.8 Å². The van der Waals surface area contributed by atoms with Gasteiger partial charge < -0.3 is 97.1 Å². The highest BCUT2D eigenvalue weighted by Crippen LogP contribution is 2.40. The summed E-state index contributed by atoms with van der Waals surface area (Å²) in [4.78, 5) is 101. The molecule has 8 aromatic rings. The smallest absolute Gasteiger partial charge is 0.417 e. The number of nitrogens with zero attached hydrogens (tertiary/aromatic N) is 18. The Bertz CT molecular complexity index is 5410. The van der Waals surface area contributed by atoms with E-state index in [1.807, 2.05) is 142 Å². The Balaban J connectivity index is 0.000000352. The zero-order valence-electron chi connectivity index (χ0n) is 93.0. The number of alkyl halides is 2. The summed E-state index contributed by atoms with van der Waals surface area (Å²) >= 11 is 6.19. The average molecular weight is 2280 g/mol. The van der Waals surface area contributed by atoms with Gasteiger partial charge in [-0.1, -0.05) is 94.2 Å². The van der Waals surface area contributed by atoms with Crippen LogP contribution in [0.4, 0.5) is 38.2 Å². The quantitative estimate of drug-likeness (QED) is 0.00681. The molecule has 13 rings (SSSR count). The monoisotopic (exact) mass is 2280 g/mol. The summed E-state index contributed by atoms with van der Waals surface area (Å²) in [5, 5.41) is 50.1. The lowest BCUT2D eigenvalue weighted by atomic mass is 10.2. The number of ether oxygens (including phenoxy) is 5. The number of nitrogens with one attached hydrogen (secondary N) is 2. The highest BCUT2D eigenvalue weighted by atomic mass is 79.9. The fourth-order valence-corrected chi connectivity index (χ4v) is 17.5. The van der Waals surface area contributed by atoms with Gasteiger partial charge in [-0.3, -0.25) is 22.6 Å². The number of halogens is 2. The molecule has 42 nitrogen and oxygen atoms in total. The highest BCUT2D eigenvalue weighted by molar-refractivity contribution is 9.09. The van der Waals surface area contributed by atoms with Crippen LogP contribution in [0.2, 0.25) is 54.4 Å². The summed E-state index contributed by atoms with van der Waals surface area (Å²) in [6.45, 7) is 61.6. The number of aliphatic hydroxyl groups excluding tert-OH is 5. The molecular weight excluding hydrogens is 2110 g/mol. The number of aliphatic imine (C=N–C) groups is 1. The van der Waals surface area contributed by atoms with Crippen LogP contribution < -0.4 is 31.1 Å². The molecule has 0 saturated heterocycles. The number of carbonyl (C=O) groups excluding carboxylic acids is 5. The maximum absolute atomic E-state index is 12.5. The van der Waals surface area contributed by atoms with Crippen molar-refractivity contribution in [3.63, 3.8) is 0 Å². The van der Waals surface area contributed by atoms with Crippen LogP contribution in [-0.4, -0.2) is 308 Å². The van der Waals surface area contributed by atoms with Crippen LogP contribution in [0.25, 0.3) is 11.6 Å². The van der Waals surface area contributed by atoms with Crippen molar-refractivity contribution < 1.29 is 99.1 Å². The van der Waals surface area contributed by atoms with Crippen molar-refractivity contribution in [3.05, 3.63) is 121 Å². The predicted molar refractivity (Wildman–Crippen MR) is 593 cm³/mol. The van der Waals surface area contributed by atoms with Gasteiger partial charge in [0.2, 0.25) is 35.3 Å². The largest absolute Gasteiger partial charge is 0.443 e. The minimum atomic E-state index is -3.46. The normalized spacial score (nSPS) is 14.2. The van der Waals surface area contributed by atoms with Crippen molar-refractivity contribution in [2.45, 2.75) is 318 Å². The number of rotatable bonds is 30. The zero-order chi connectivity index (χ0) is 111. The number of carbonyl (C=O) groups is 5. The van der Waals surface area contributed by atoms with E-state index in [0.29, 0.717) is 111 Å². The number of hydrogen-bond donors (Lipinski definition) is 8. The Morgan fingerprint density at radius 3 is 1.10 bits per heavy atom. The first kappa shape index (κ1) is 131. The summed E-state index contributed by atoms with van der Waals surface area (Å²) in [7, 11) is -5.36. The van der Waals surface area contributed by atoms with E-state index in [0.717, 1.165) is 131 Å². The number of guanidine groups is 1. The Kier molecular flexibility index (Phi) is 54.8. The Hall–Kier alpha value is -8.84. The van der Waals surface area contributed by atoms with Crippen LogP contribution in [0.3, 0.4) is 0 Å². The minimum Gasteiger partial charge on any atom is -0.443 e. The number of amides is 3. The third kappa shape index (κ3) is 47.6. The molecule has 0 radical (unpaired) electrons. The van der Waals surface area contributed by atoms with Crippen molar-refractivity contribution in [1.82, 2.24) is 72.3 Å². The number of hydrogen-bond acceptors (Lipinski definition) is 33. The first-order chi connectivity index (χ1) is 69.0. The van der Waals surface area contributed by atoms with Crippen LogP contribution in [0.1, 0.15) is 211 Å². The number of methoxy groups -OCH3 is 2. The fraction of sp³-hybridized carbons (Fsp3) is 0.680. The summed E-state index contributed by atoms with van der Waals surface area (Å²) in [5.74, 6) is 4.22. The molecule has 13 heterocycles. The van der Waals surface area contributed by atoms with Gasteiger partial charge in [0.05, 0.1) is 64.2 Å². The number of ketones is 2. The van der Waals surface area contributed by atoms with Gasteiger partial charge >= 0.3 is 18.3 Å². The molecule has 148 heavy (non-hydrogen) atoms. The Morgan fingerprint density at radius 2 is 0.824 bits per heavy atom. The first-order valence-electron chi connectivity index (χ1n) is 50.3. The Morgan fingerprint density at radius 1 is 0.466 bits per heavy atom. The standard InChI is InChI=1S/C19H35N3O3Si.C14H23N3O5S.C14H27N3OSi.C14H23N3OSi.C13H21N3O3.C8H9N3O.C6H13BrO3.C4H7BrO2.C4H7N3.C4H8O2/c1-18(2,3)25-17(23)22-12-9-11-21-14-15(20-16(21)22)10-13-24-26(7,8)19(4,5)6;1-14(2,3)22-13(18)17-8-5-7-16-10-11(15-12(16)17)6-9-21-23(4,19)20;2*1-14(2,3)19(4,5)18-10-7-12-11-17-9-6-8-15-13(17)16-12;1-13(2,3)19-12(18)16-7-4-6-15-9-10(5-8-17)14-11(15)16;12-5-2-7-6-11-4-1-3-9-8(11)10-7;1-9-6(5-7,10-2)3-4-8;5-3-4(7)1-2-6;5-4-6-2-1-3-7-4;1-4(6)2-3-5/h14H,9-13H2,1-8H3;10H,5-9H2,1-4H3;11H,6-10H2,1-5H3,(H,15,16);6,8-9,11H,7,10H2,1-5H3;9,17H,4-8H2,1-3H3;1,3-4,6,12H,2,5H2;8H,3-5H2,1-2H3;6H,1-3H2;1-2H,3H2,(H3,5,6,7);5H,2-3H2,1H3. The maximum Gasteiger partial charge on any atom is 0.417 e. The van der Waals surface area contributed by atoms with E-state index in [4.69, 9.17) is 72.4 Å². The highest BCUT2D eigenvalue weighted by Gasteiger charge is 2.41. The average Bonchev–Trinajstić information content (AvgIpc) is 1.64. The van der Waals surface area contributed by atoms with Crippen molar-refractivity contribution in [3.8, 4) is 0 Å².